The molecule has 4 rings (SSSR count). The third kappa shape index (κ3) is 6.06. The molecule has 0 spiro atoms. The number of methoxy groups -OCH3 is 1. The van der Waals surface area contributed by atoms with E-state index in [4.69, 9.17) is 9.47 Å². The number of benzene rings is 3. The van der Waals surface area contributed by atoms with Crippen LogP contribution in [0.2, 0.25) is 0 Å². The minimum Gasteiger partial charge on any atom is -0.494 e. The minimum absolute atomic E-state index is 0.121. The number of para-hydroxylation sites is 1. The van der Waals surface area contributed by atoms with Crippen LogP contribution in [-0.4, -0.2) is 38.7 Å². The molecule has 188 valence electrons. The Morgan fingerprint density at radius 1 is 0.944 bits per heavy atom. The molecule has 1 amide bonds. The number of nitrogens with zero attached hydrogens (tertiary/aromatic N) is 1. The maximum Gasteiger partial charge on any atom is 0.337 e. The molecule has 1 aliphatic rings. The van der Waals surface area contributed by atoms with Crippen molar-refractivity contribution in [3.8, 4) is 5.75 Å². The van der Waals surface area contributed by atoms with Gasteiger partial charge in [0.1, 0.15) is 5.75 Å². The Balaban J connectivity index is 1.62. The van der Waals surface area contributed by atoms with Crippen molar-refractivity contribution in [1.82, 2.24) is 5.32 Å². The van der Waals surface area contributed by atoms with Crippen LogP contribution in [0.1, 0.15) is 59.3 Å². The minimum atomic E-state index is -0.439. The number of piperidine rings is 1. The lowest BCUT2D eigenvalue weighted by Gasteiger charge is -2.33. The van der Waals surface area contributed by atoms with Crippen molar-refractivity contribution < 1.29 is 19.1 Å². The van der Waals surface area contributed by atoms with E-state index in [1.54, 1.807) is 18.2 Å². The van der Waals surface area contributed by atoms with Crippen molar-refractivity contribution in [2.45, 2.75) is 38.6 Å². The molecule has 1 fully saturated rings. The summed E-state index contributed by atoms with van der Waals surface area (Å²) in [7, 11) is 1.34. The Morgan fingerprint density at radius 3 is 2.39 bits per heavy atom. The van der Waals surface area contributed by atoms with E-state index in [-0.39, 0.29) is 18.4 Å². The first-order valence-electron chi connectivity index (χ1n) is 12.6. The van der Waals surface area contributed by atoms with Crippen molar-refractivity contribution >= 4 is 17.6 Å². The highest BCUT2D eigenvalue weighted by atomic mass is 16.5. The summed E-state index contributed by atoms with van der Waals surface area (Å²) >= 11 is 0. The van der Waals surface area contributed by atoms with Crippen LogP contribution in [0.4, 0.5) is 5.69 Å². The topological polar surface area (TPSA) is 67.9 Å². The van der Waals surface area contributed by atoms with Crippen molar-refractivity contribution in [1.29, 1.82) is 0 Å². The highest BCUT2D eigenvalue weighted by Crippen LogP contribution is 2.33. The number of carbonyl (C=O) groups excluding carboxylic acids is 2. The summed E-state index contributed by atoms with van der Waals surface area (Å²) in [6, 6.07) is 23.2. The zero-order valence-corrected chi connectivity index (χ0v) is 21.0. The van der Waals surface area contributed by atoms with Crippen molar-refractivity contribution in [3.05, 3.63) is 95.1 Å². The lowest BCUT2D eigenvalue weighted by molar-refractivity contribution is -0.121. The molecule has 36 heavy (non-hydrogen) atoms. The first-order chi connectivity index (χ1) is 17.6. The fourth-order valence-electron chi connectivity index (χ4n) is 4.76. The first kappa shape index (κ1) is 25.3. The van der Waals surface area contributed by atoms with Crippen LogP contribution >= 0.6 is 0 Å². The van der Waals surface area contributed by atoms with Crippen LogP contribution in [0.15, 0.2) is 72.8 Å². The summed E-state index contributed by atoms with van der Waals surface area (Å²) in [6.45, 7) is 4.35. The number of amides is 1. The molecule has 0 radical (unpaired) electrons. The van der Waals surface area contributed by atoms with E-state index in [0.717, 1.165) is 29.8 Å². The van der Waals surface area contributed by atoms with Gasteiger partial charge in [-0.25, -0.2) is 4.79 Å². The molecule has 3 aromatic rings. The van der Waals surface area contributed by atoms with E-state index in [1.807, 2.05) is 31.2 Å². The Bertz CT molecular complexity index is 1170. The number of nitrogens with one attached hydrogen (secondary N) is 1. The van der Waals surface area contributed by atoms with Crippen molar-refractivity contribution in [3.63, 3.8) is 0 Å². The number of ether oxygens (including phenoxy) is 2. The second-order valence-electron chi connectivity index (χ2n) is 8.94. The molecule has 1 N–H and O–H groups in total. The van der Waals surface area contributed by atoms with Crippen LogP contribution in [-0.2, 0) is 16.0 Å². The van der Waals surface area contributed by atoms with E-state index in [2.05, 4.69) is 40.5 Å². The maximum atomic E-state index is 13.4. The van der Waals surface area contributed by atoms with Crippen molar-refractivity contribution in [2.75, 3.05) is 31.7 Å². The van der Waals surface area contributed by atoms with Crippen LogP contribution in [0.5, 0.6) is 5.75 Å². The quantitative estimate of drug-likeness (QED) is 0.415. The van der Waals surface area contributed by atoms with Crippen LogP contribution < -0.4 is 15.0 Å². The normalized spacial score (nSPS) is 14.1. The van der Waals surface area contributed by atoms with Crippen LogP contribution in [0.3, 0.4) is 0 Å². The molecule has 1 unspecified atom stereocenters. The van der Waals surface area contributed by atoms with Gasteiger partial charge in [-0.3, -0.25) is 4.79 Å². The lowest BCUT2D eigenvalue weighted by Crippen LogP contribution is -2.34. The summed E-state index contributed by atoms with van der Waals surface area (Å²) in [5.41, 5.74) is 4.40. The smallest absolute Gasteiger partial charge is 0.337 e. The molecule has 0 saturated carbocycles. The Morgan fingerprint density at radius 2 is 1.67 bits per heavy atom. The molecule has 1 aliphatic heterocycles. The molecule has 3 aromatic carbocycles. The molecule has 6 nitrogen and oxygen atoms in total. The highest BCUT2D eigenvalue weighted by molar-refractivity contribution is 5.90. The summed E-state index contributed by atoms with van der Waals surface area (Å²) in [4.78, 5) is 27.8. The number of carbonyl (C=O) groups is 2. The van der Waals surface area contributed by atoms with Gasteiger partial charge < -0.3 is 19.7 Å². The molecular formula is C30H34N2O4. The van der Waals surface area contributed by atoms with E-state index in [0.29, 0.717) is 17.9 Å². The number of hydrogen-bond donors (Lipinski definition) is 1. The van der Waals surface area contributed by atoms with E-state index < -0.39 is 5.97 Å². The zero-order valence-electron chi connectivity index (χ0n) is 21.0. The van der Waals surface area contributed by atoms with Gasteiger partial charge in [0.05, 0.1) is 31.7 Å². The molecule has 1 saturated heterocycles. The fraction of sp³-hybridized carbons (Fsp3) is 0.333. The molecular weight excluding hydrogens is 452 g/mol. The van der Waals surface area contributed by atoms with Gasteiger partial charge in [-0.1, -0.05) is 54.6 Å². The molecule has 1 atom stereocenters. The van der Waals surface area contributed by atoms with E-state index >= 15 is 0 Å². The summed E-state index contributed by atoms with van der Waals surface area (Å²) < 4.78 is 10.6. The summed E-state index contributed by atoms with van der Waals surface area (Å²) in [5, 5.41) is 3.28. The number of hydrogen-bond acceptors (Lipinski definition) is 5. The molecule has 6 heteroatoms. The maximum absolute atomic E-state index is 13.4. The predicted molar refractivity (Wildman–Crippen MR) is 142 cm³/mol. The lowest BCUT2D eigenvalue weighted by atomic mass is 9.95. The molecule has 0 bridgehead atoms. The monoisotopic (exact) mass is 486 g/mol. The third-order valence-corrected chi connectivity index (χ3v) is 6.52. The van der Waals surface area contributed by atoms with Gasteiger partial charge >= 0.3 is 5.97 Å². The second-order valence-corrected chi connectivity index (χ2v) is 8.94. The highest BCUT2D eigenvalue weighted by Gasteiger charge is 2.24. The van der Waals surface area contributed by atoms with Gasteiger partial charge in [-0.05, 0) is 49.9 Å². The number of rotatable bonds is 9. The second kappa shape index (κ2) is 12.2. The molecule has 1 heterocycles. The molecule has 0 aromatic heterocycles. The van der Waals surface area contributed by atoms with Gasteiger partial charge in [0, 0.05) is 29.9 Å². The zero-order chi connectivity index (χ0) is 25.3. The number of anilines is 1. The largest absolute Gasteiger partial charge is 0.494 e. The van der Waals surface area contributed by atoms with Crippen LogP contribution in [0.25, 0.3) is 0 Å². The Labute approximate surface area is 213 Å². The summed E-state index contributed by atoms with van der Waals surface area (Å²) in [6.07, 6.45) is 3.75. The van der Waals surface area contributed by atoms with Crippen LogP contribution in [0, 0.1) is 0 Å². The van der Waals surface area contributed by atoms with E-state index in [9.17, 15) is 9.59 Å². The van der Waals surface area contributed by atoms with Gasteiger partial charge in [-0.2, -0.15) is 0 Å². The molecule has 0 aliphatic carbocycles. The van der Waals surface area contributed by atoms with E-state index in [1.165, 1.54) is 32.1 Å². The summed E-state index contributed by atoms with van der Waals surface area (Å²) in [5.74, 6) is -0.0463. The first-order valence-corrected chi connectivity index (χ1v) is 12.6. The predicted octanol–water partition coefficient (Wildman–Crippen LogP) is 5.31. The van der Waals surface area contributed by atoms with Crippen molar-refractivity contribution in [2.24, 2.45) is 0 Å². The average molecular weight is 487 g/mol. The standard InChI is InChI=1S/C30H34N2O4/c1-3-36-27-20-24(30(34)35-2)17-16-23(27)21-28(33)31-29(22-12-6-4-7-13-22)25-14-8-9-15-26(25)32-18-10-5-11-19-32/h4,6-9,12-17,20,29H,3,5,10-11,18-19,21H2,1-2H3,(H,31,33). The third-order valence-electron chi connectivity index (χ3n) is 6.52. The van der Waals surface area contributed by atoms with Gasteiger partial charge in [-0.15, -0.1) is 0 Å². The Hall–Kier alpha value is -3.80. The van der Waals surface area contributed by atoms with Gasteiger partial charge in [0.25, 0.3) is 0 Å². The van der Waals surface area contributed by atoms with Gasteiger partial charge in [0.2, 0.25) is 5.91 Å². The Kier molecular flexibility index (Phi) is 8.61. The number of esters is 1. The van der Waals surface area contributed by atoms with Gasteiger partial charge in [0.15, 0.2) is 0 Å². The fourth-order valence-corrected chi connectivity index (χ4v) is 4.76. The average Bonchev–Trinajstić information content (AvgIpc) is 2.93. The SMILES string of the molecule is CCOc1cc(C(=O)OC)ccc1CC(=O)NC(c1ccccc1)c1ccccc1N1CCCCC1.